The molecule has 2 aromatic heterocycles. The third-order valence-corrected chi connectivity index (χ3v) is 5.92. The number of amides is 1. The van der Waals surface area contributed by atoms with Crippen LogP contribution in [0.15, 0.2) is 24.3 Å². The van der Waals surface area contributed by atoms with Crippen LogP contribution >= 0.6 is 0 Å². The molecule has 1 aliphatic carbocycles. The molecule has 0 bridgehead atoms. The van der Waals surface area contributed by atoms with E-state index in [4.69, 9.17) is 0 Å². The average Bonchev–Trinajstić information content (AvgIpc) is 3.38. The molecule has 3 aromatic rings. The van der Waals surface area contributed by atoms with E-state index in [0.29, 0.717) is 36.1 Å². The number of carbonyl (C=O) groups is 1. The maximum atomic E-state index is 13.1. The van der Waals surface area contributed by atoms with Crippen molar-refractivity contribution in [2.75, 3.05) is 5.32 Å². The summed E-state index contributed by atoms with van der Waals surface area (Å²) in [7, 11) is 0. The Bertz CT molecular complexity index is 1180. The Morgan fingerprint density at radius 2 is 2.00 bits per heavy atom. The molecule has 10 heteroatoms. The number of rotatable bonds is 4. The molecule has 1 aliphatic heterocycles. The third-order valence-electron chi connectivity index (χ3n) is 5.92. The molecule has 1 unspecified atom stereocenters. The summed E-state index contributed by atoms with van der Waals surface area (Å²) >= 11 is 0. The van der Waals surface area contributed by atoms with E-state index < -0.39 is 17.8 Å². The number of nitrogens with zero attached hydrogens (tertiary/aromatic N) is 5. The zero-order valence-corrected chi connectivity index (χ0v) is 17.1. The second kappa shape index (κ2) is 6.93. The van der Waals surface area contributed by atoms with Crippen molar-refractivity contribution >= 4 is 17.5 Å². The molecule has 3 heterocycles. The normalized spacial score (nSPS) is 17.1. The Morgan fingerprint density at radius 1 is 1.23 bits per heavy atom. The van der Waals surface area contributed by atoms with Crippen molar-refractivity contribution in [2.45, 2.75) is 52.0 Å². The van der Waals surface area contributed by atoms with E-state index in [2.05, 4.69) is 20.5 Å². The van der Waals surface area contributed by atoms with E-state index in [-0.39, 0.29) is 11.8 Å². The largest absolute Gasteiger partial charge is 0.416 e. The fourth-order valence-electron chi connectivity index (χ4n) is 4.08. The van der Waals surface area contributed by atoms with Crippen LogP contribution in [0.5, 0.6) is 0 Å². The summed E-state index contributed by atoms with van der Waals surface area (Å²) in [6, 6.07) is 4.81. The highest BCUT2D eigenvalue weighted by Crippen LogP contribution is 2.37. The van der Waals surface area contributed by atoms with Gasteiger partial charge < -0.3 is 10.2 Å². The SMILES string of the molecule is Cc1nnc2nc(NC(C)c3cccc(C(F)(F)F)c3)c3c(n12)CN(C(=O)C1CC1)C3. The van der Waals surface area contributed by atoms with E-state index in [0.717, 1.165) is 36.2 Å². The second-order valence-corrected chi connectivity index (χ2v) is 8.23. The van der Waals surface area contributed by atoms with Crippen LogP contribution < -0.4 is 5.32 Å². The lowest BCUT2D eigenvalue weighted by Gasteiger charge is -2.19. The van der Waals surface area contributed by atoms with E-state index in [9.17, 15) is 18.0 Å². The molecule has 0 spiro atoms. The summed E-state index contributed by atoms with van der Waals surface area (Å²) in [4.78, 5) is 19.0. The van der Waals surface area contributed by atoms with Crippen molar-refractivity contribution in [3.8, 4) is 0 Å². The van der Waals surface area contributed by atoms with Gasteiger partial charge in [-0.25, -0.2) is 0 Å². The number of aromatic nitrogens is 4. The summed E-state index contributed by atoms with van der Waals surface area (Å²) in [6.07, 6.45) is -2.57. The first-order valence-electron chi connectivity index (χ1n) is 10.2. The minimum atomic E-state index is -4.41. The number of aryl methyl sites for hydroxylation is 1. The first kappa shape index (κ1) is 19.8. The molecule has 1 fully saturated rings. The van der Waals surface area contributed by atoms with Gasteiger partial charge in [-0.05, 0) is 44.4 Å². The summed E-state index contributed by atoms with van der Waals surface area (Å²) in [5.41, 5.74) is 1.54. The zero-order valence-electron chi connectivity index (χ0n) is 17.1. The predicted octanol–water partition coefficient (Wildman–Crippen LogP) is 3.88. The molecule has 1 atom stereocenters. The summed E-state index contributed by atoms with van der Waals surface area (Å²) in [5.74, 6) is 1.82. The minimum absolute atomic E-state index is 0.0974. The summed E-state index contributed by atoms with van der Waals surface area (Å²) in [5, 5.41) is 11.5. The smallest absolute Gasteiger partial charge is 0.363 e. The predicted molar refractivity (Wildman–Crippen MR) is 106 cm³/mol. The summed E-state index contributed by atoms with van der Waals surface area (Å²) < 4.78 is 41.2. The zero-order chi connectivity index (χ0) is 21.9. The number of alkyl halides is 3. The van der Waals surface area contributed by atoms with Gasteiger partial charge >= 0.3 is 6.18 Å². The Balaban J connectivity index is 1.50. The van der Waals surface area contributed by atoms with Crippen molar-refractivity contribution in [2.24, 2.45) is 5.92 Å². The third kappa shape index (κ3) is 3.49. The van der Waals surface area contributed by atoms with Crippen molar-refractivity contribution in [1.29, 1.82) is 0 Å². The molecule has 1 N–H and O–H groups in total. The van der Waals surface area contributed by atoms with Crippen LogP contribution in [-0.2, 0) is 24.1 Å². The minimum Gasteiger partial charge on any atom is -0.363 e. The van der Waals surface area contributed by atoms with Crippen LogP contribution in [0.25, 0.3) is 5.78 Å². The molecule has 1 saturated carbocycles. The molecule has 0 radical (unpaired) electrons. The van der Waals surface area contributed by atoms with Crippen LogP contribution in [0.2, 0.25) is 0 Å². The van der Waals surface area contributed by atoms with Gasteiger partial charge in [0.25, 0.3) is 5.78 Å². The first-order valence-corrected chi connectivity index (χ1v) is 10.2. The molecule has 0 saturated heterocycles. The van der Waals surface area contributed by atoms with Crippen LogP contribution in [0.4, 0.5) is 19.0 Å². The number of carbonyl (C=O) groups excluding carboxylic acids is 1. The molecule has 1 aromatic carbocycles. The van der Waals surface area contributed by atoms with Crippen LogP contribution in [0.1, 0.15) is 54.0 Å². The van der Waals surface area contributed by atoms with Crippen LogP contribution in [-0.4, -0.2) is 30.4 Å². The maximum absolute atomic E-state index is 13.1. The van der Waals surface area contributed by atoms with Crippen molar-refractivity contribution in [3.05, 3.63) is 52.5 Å². The van der Waals surface area contributed by atoms with Crippen LogP contribution in [0.3, 0.4) is 0 Å². The van der Waals surface area contributed by atoms with Gasteiger partial charge in [0.1, 0.15) is 11.6 Å². The van der Waals surface area contributed by atoms with Gasteiger partial charge in [-0.1, -0.05) is 12.1 Å². The monoisotopic (exact) mass is 430 g/mol. The maximum Gasteiger partial charge on any atom is 0.416 e. The molecule has 2 aliphatic rings. The fourth-order valence-corrected chi connectivity index (χ4v) is 4.08. The van der Waals surface area contributed by atoms with Gasteiger partial charge in [0.15, 0.2) is 0 Å². The quantitative estimate of drug-likeness (QED) is 0.680. The number of nitrogens with one attached hydrogen (secondary N) is 1. The Labute approximate surface area is 176 Å². The first-order chi connectivity index (χ1) is 14.7. The molecular formula is C21H21F3N6O. The average molecular weight is 430 g/mol. The summed E-state index contributed by atoms with van der Waals surface area (Å²) in [6.45, 7) is 4.45. The topological polar surface area (TPSA) is 75.4 Å². The van der Waals surface area contributed by atoms with Crippen molar-refractivity contribution < 1.29 is 18.0 Å². The number of anilines is 1. The number of benzene rings is 1. The Hall–Kier alpha value is -3.17. The van der Waals surface area contributed by atoms with Gasteiger partial charge in [0.2, 0.25) is 5.91 Å². The van der Waals surface area contributed by atoms with Crippen LogP contribution in [0, 0.1) is 12.8 Å². The van der Waals surface area contributed by atoms with Gasteiger partial charge in [-0.15, -0.1) is 10.2 Å². The van der Waals surface area contributed by atoms with Gasteiger partial charge in [0.05, 0.1) is 24.3 Å². The second-order valence-electron chi connectivity index (χ2n) is 8.23. The lowest BCUT2D eigenvalue weighted by atomic mass is 10.0. The van der Waals surface area contributed by atoms with E-state index >= 15 is 0 Å². The van der Waals surface area contributed by atoms with E-state index in [1.807, 2.05) is 16.2 Å². The fraction of sp³-hybridized carbons (Fsp3) is 0.429. The number of hydrogen-bond acceptors (Lipinski definition) is 5. The molecule has 7 nitrogen and oxygen atoms in total. The Morgan fingerprint density at radius 3 is 2.71 bits per heavy atom. The number of fused-ring (bicyclic) bond motifs is 3. The van der Waals surface area contributed by atoms with Gasteiger partial charge in [-0.3, -0.25) is 9.20 Å². The molecule has 31 heavy (non-hydrogen) atoms. The highest BCUT2D eigenvalue weighted by molar-refractivity contribution is 5.82. The number of halogens is 3. The molecular weight excluding hydrogens is 409 g/mol. The molecule has 162 valence electrons. The molecule has 1 amide bonds. The lowest BCUT2D eigenvalue weighted by molar-refractivity contribution is -0.137. The van der Waals surface area contributed by atoms with Crippen molar-refractivity contribution in [3.63, 3.8) is 0 Å². The standard InChI is InChI=1S/C21H21F3N6O/c1-11(14-4-3-5-15(8-14)21(22,23)24)25-18-16-9-29(19(31)13-6-7-13)10-17(16)30-12(2)27-28-20(30)26-18/h3-5,8,11,13H,6-7,9-10H2,1-2H3,(H,25,26,28). The van der Waals surface area contributed by atoms with E-state index in [1.165, 1.54) is 6.07 Å². The van der Waals surface area contributed by atoms with Gasteiger partial charge in [0, 0.05) is 17.5 Å². The van der Waals surface area contributed by atoms with E-state index in [1.54, 1.807) is 13.0 Å². The van der Waals surface area contributed by atoms with Gasteiger partial charge in [-0.2, -0.15) is 18.2 Å². The Kier molecular flexibility index (Phi) is 4.42. The highest BCUT2D eigenvalue weighted by atomic mass is 19.4. The lowest BCUT2D eigenvalue weighted by Crippen LogP contribution is -2.26. The molecule has 5 rings (SSSR count). The number of hydrogen-bond donors (Lipinski definition) is 1. The van der Waals surface area contributed by atoms with Crippen molar-refractivity contribution in [1.82, 2.24) is 24.5 Å². The highest BCUT2D eigenvalue weighted by Gasteiger charge is 2.38.